The number of rotatable bonds is 2. The molecule has 18 heavy (non-hydrogen) atoms. The first-order valence-electron chi connectivity index (χ1n) is 5.76. The molecule has 0 spiro atoms. The number of H-pyrrole nitrogens is 2. The lowest BCUT2D eigenvalue weighted by atomic mass is 9.98. The van der Waals surface area contributed by atoms with Gasteiger partial charge < -0.3 is 19.6 Å². The first kappa shape index (κ1) is 12.4. The predicted molar refractivity (Wildman–Crippen MR) is 62.1 cm³/mol. The number of nitrogens with zero attached hydrogens (tertiary/aromatic N) is 1. The van der Waals surface area contributed by atoms with Crippen molar-refractivity contribution in [1.29, 1.82) is 0 Å². The van der Waals surface area contributed by atoms with E-state index in [2.05, 4.69) is 14.7 Å². The first-order valence-corrected chi connectivity index (χ1v) is 5.76. The van der Waals surface area contributed by atoms with Crippen molar-refractivity contribution in [3.8, 4) is 0 Å². The van der Waals surface area contributed by atoms with Crippen LogP contribution < -0.4 is 5.69 Å². The SMILES string of the molecule is COC(=O)[C@H]1CCCN(C(=O)c2c[nH]c(=O)[nH]2)C1. The number of ether oxygens (including phenoxy) is 1. The average molecular weight is 253 g/mol. The average Bonchev–Trinajstić information content (AvgIpc) is 2.83. The lowest BCUT2D eigenvalue weighted by Gasteiger charge is -2.30. The summed E-state index contributed by atoms with van der Waals surface area (Å²) in [5, 5.41) is 0. The Balaban J connectivity index is 2.07. The van der Waals surface area contributed by atoms with Crippen LogP contribution in [0.5, 0.6) is 0 Å². The van der Waals surface area contributed by atoms with Gasteiger partial charge in [-0.15, -0.1) is 0 Å². The lowest BCUT2D eigenvalue weighted by Crippen LogP contribution is -2.42. The van der Waals surface area contributed by atoms with Gasteiger partial charge in [0.25, 0.3) is 5.91 Å². The van der Waals surface area contributed by atoms with Gasteiger partial charge in [-0.1, -0.05) is 0 Å². The highest BCUT2D eigenvalue weighted by molar-refractivity contribution is 5.92. The third-order valence-electron chi connectivity index (χ3n) is 3.07. The molecule has 2 heterocycles. The Morgan fingerprint density at radius 2 is 2.28 bits per heavy atom. The molecule has 1 aliphatic heterocycles. The van der Waals surface area contributed by atoms with Crippen molar-refractivity contribution in [2.75, 3.05) is 20.2 Å². The zero-order valence-electron chi connectivity index (χ0n) is 10.1. The Hall–Kier alpha value is -2.05. The van der Waals surface area contributed by atoms with Crippen LogP contribution in [0.3, 0.4) is 0 Å². The molecule has 0 aliphatic carbocycles. The Labute approximate surface area is 103 Å². The van der Waals surface area contributed by atoms with Gasteiger partial charge in [-0.25, -0.2) is 4.79 Å². The van der Waals surface area contributed by atoms with Crippen molar-refractivity contribution in [3.05, 3.63) is 22.4 Å². The molecule has 0 bridgehead atoms. The molecule has 1 aromatic heterocycles. The second kappa shape index (κ2) is 5.07. The third kappa shape index (κ3) is 2.44. The maximum absolute atomic E-state index is 12.1. The fourth-order valence-corrected chi connectivity index (χ4v) is 2.14. The molecule has 0 aromatic carbocycles. The normalized spacial score (nSPS) is 19.6. The van der Waals surface area contributed by atoms with Crippen molar-refractivity contribution in [3.63, 3.8) is 0 Å². The molecule has 0 unspecified atom stereocenters. The standard InChI is InChI=1S/C11H15N3O4/c1-18-10(16)7-3-2-4-14(6-7)9(15)8-5-12-11(17)13-8/h5,7H,2-4,6H2,1H3,(H2,12,13,17)/t7-/m0/s1. The zero-order chi connectivity index (χ0) is 13.1. The number of piperidine rings is 1. The number of esters is 1. The van der Waals surface area contributed by atoms with E-state index < -0.39 is 5.69 Å². The summed E-state index contributed by atoms with van der Waals surface area (Å²) in [6.45, 7) is 0.915. The van der Waals surface area contributed by atoms with Crippen LogP contribution in [0.4, 0.5) is 0 Å². The van der Waals surface area contributed by atoms with Crippen LogP contribution in [-0.4, -0.2) is 46.9 Å². The Morgan fingerprint density at radius 1 is 1.50 bits per heavy atom. The molecule has 2 N–H and O–H groups in total. The van der Waals surface area contributed by atoms with Gasteiger partial charge in [0.05, 0.1) is 13.0 Å². The summed E-state index contributed by atoms with van der Waals surface area (Å²) in [4.78, 5) is 40.8. The predicted octanol–water partition coefficient (Wildman–Crippen LogP) is -0.272. The molecule has 7 nitrogen and oxygen atoms in total. The number of hydrogen-bond donors (Lipinski definition) is 2. The van der Waals surface area contributed by atoms with E-state index in [0.29, 0.717) is 13.1 Å². The molecule has 98 valence electrons. The number of aromatic amines is 2. The van der Waals surface area contributed by atoms with Gasteiger partial charge in [0, 0.05) is 19.3 Å². The molecule has 2 rings (SSSR count). The first-order chi connectivity index (χ1) is 8.61. The van der Waals surface area contributed by atoms with Crippen LogP contribution >= 0.6 is 0 Å². The third-order valence-corrected chi connectivity index (χ3v) is 3.07. The number of nitrogens with one attached hydrogen (secondary N) is 2. The van der Waals surface area contributed by atoms with Gasteiger partial charge in [0.15, 0.2) is 0 Å². The number of carbonyl (C=O) groups excluding carboxylic acids is 2. The van der Waals surface area contributed by atoms with Crippen LogP contribution in [0.15, 0.2) is 11.0 Å². The summed E-state index contributed by atoms with van der Waals surface area (Å²) in [7, 11) is 1.34. The summed E-state index contributed by atoms with van der Waals surface area (Å²) >= 11 is 0. The van der Waals surface area contributed by atoms with E-state index in [1.165, 1.54) is 13.3 Å². The number of likely N-dealkylation sites (tertiary alicyclic amines) is 1. The van der Waals surface area contributed by atoms with Crippen LogP contribution in [0.2, 0.25) is 0 Å². The van der Waals surface area contributed by atoms with Crippen molar-refractivity contribution in [2.45, 2.75) is 12.8 Å². The van der Waals surface area contributed by atoms with Crippen molar-refractivity contribution < 1.29 is 14.3 Å². The molecule has 1 atom stereocenters. The molecule has 0 saturated carbocycles. The van der Waals surface area contributed by atoms with Gasteiger partial charge in [-0.3, -0.25) is 9.59 Å². The number of amides is 1. The Bertz CT molecular complexity index is 504. The maximum atomic E-state index is 12.1. The number of hydrogen-bond acceptors (Lipinski definition) is 4. The monoisotopic (exact) mass is 253 g/mol. The largest absolute Gasteiger partial charge is 0.469 e. The summed E-state index contributed by atoms with van der Waals surface area (Å²) < 4.78 is 4.69. The van der Waals surface area contributed by atoms with Crippen LogP contribution in [0.25, 0.3) is 0 Å². The second-order valence-electron chi connectivity index (χ2n) is 4.27. The molecule has 1 saturated heterocycles. The van der Waals surface area contributed by atoms with Crippen LogP contribution in [0.1, 0.15) is 23.3 Å². The fourth-order valence-electron chi connectivity index (χ4n) is 2.14. The molecular formula is C11H15N3O4. The van der Waals surface area contributed by atoms with Crippen molar-refractivity contribution in [1.82, 2.24) is 14.9 Å². The zero-order valence-corrected chi connectivity index (χ0v) is 10.1. The van der Waals surface area contributed by atoms with Crippen molar-refractivity contribution >= 4 is 11.9 Å². The summed E-state index contributed by atoms with van der Waals surface area (Å²) in [5.74, 6) is -0.852. The minimum Gasteiger partial charge on any atom is -0.469 e. The maximum Gasteiger partial charge on any atom is 0.323 e. The smallest absolute Gasteiger partial charge is 0.323 e. The van der Waals surface area contributed by atoms with E-state index in [1.807, 2.05) is 0 Å². The Morgan fingerprint density at radius 3 is 2.89 bits per heavy atom. The van der Waals surface area contributed by atoms with Gasteiger partial charge in [-0.05, 0) is 12.8 Å². The van der Waals surface area contributed by atoms with E-state index in [0.717, 1.165) is 12.8 Å². The molecule has 1 aromatic rings. The molecule has 7 heteroatoms. The molecule has 1 fully saturated rings. The van der Waals surface area contributed by atoms with Gasteiger partial charge in [0.1, 0.15) is 5.69 Å². The van der Waals surface area contributed by atoms with E-state index in [4.69, 9.17) is 0 Å². The number of carbonyl (C=O) groups is 2. The van der Waals surface area contributed by atoms with Gasteiger partial charge in [-0.2, -0.15) is 0 Å². The summed E-state index contributed by atoms with van der Waals surface area (Å²) in [6, 6.07) is 0. The highest BCUT2D eigenvalue weighted by Crippen LogP contribution is 2.18. The minimum atomic E-state index is -0.417. The summed E-state index contributed by atoms with van der Waals surface area (Å²) in [6.07, 6.45) is 2.81. The molecular weight excluding hydrogens is 238 g/mol. The van der Waals surface area contributed by atoms with Crippen molar-refractivity contribution in [2.24, 2.45) is 5.92 Å². The highest BCUT2D eigenvalue weighted by atomic mass is 16.5. The van der Waals surface area contributed by atoms with E-state index in [-0.39, 0.29) is 23.5 Å². The van der Waals surface area contributed by atoms with E-state index in [9.17, 15) is 14.4 Å². The molecule has 1 aliphatic rings. The van der Waals surface area contributed by atoms with E-state index >= 15 is 0 Å². The second-order valence-corrected chi connectivity index (χ2v) is 4.27. The quantitative estimate of drug-likeness (QED) is 0.709. The van der Waals surface area contributed by atoms with Crippen LogP contribution in [-0.2, 0) is 9.53 Å². The molecule has 1 amide bonds. The number of aromatic nitrogens is 2. The summed E-state index contributed by atoms with van der Waals surface area (Å²) in [5.41, 5.74) is -0.203. The Kier molecular flexibility index (Phi) is 3.50. The highest BCUT2D eigenvalue weighted by Gasteiger charge is 2.29. The number of imidazole rings is 1. The minimum absolute atomic E-state index is 0.213. The van der Waals surface area contributed by atoms with Crippen LogP contribution in [0, 0.1) is 5.92 Å². The van der Waals surface area contributed by atoms with Gasteiger partial charge >= 0.3 is 11.7 Å². The lowest BCUT2D eigenvalue weighted by molar-refractivity contribution is -0.146. The van der Waals surface area contributed by atoms with E-state index in [1.54, 1.807) is 4.90 Å². The topological polar surface area (TPSA) is 95.3 Å². The number of methoxy groups -OCH3 is 1. The fraction of sp³-hybridized carbons (Fsp3) is 0.545. The van der Waals surface area contributed by atoms with Gasteiger partial charge in [0.2, 0.25) is 0 Å². The molecule has 0 radical (unpaired) electrons.